The second-order valence-corrected chi connectivity index (χ2v) is 12.2. The van der Waals surface area contributed by atoms with Gasteiger partial charge in [0.05, 0.1) is 0 Å². The Kier molecular flexibility index (Phi) is 9.41. The number of piperazine rings is 1. The Labute approximate surface area is 224 Å². The molecule has 2 atom stereocenters. The maximum absolute atomic E-state index is 13.7. The number of carbonyl (C=O) groups is 3. The number of allylic oxidation sites excluding steroid dienone is 1. The van der Waals surface area contributed by atoms with Crippen LogP contribution in [-0.2, 0) is 18.9 Å². The van der Waals surface area contributed by atoms with E-state index in [4.69, 9.17) is 9.79 Å². The molecule has 1 aromatic rings. The summed E-state index contributed by atoms with van der Waals surface area (Å²) in [5.74, 6) is -0.734. The molecule has 3 amide bonds. The van der Waals surface area contributed by atoms with E-state index >= 15 is 0 Å². The third-order valence-corrected chi connectivity index (χ3v) is 7.37. The number of hydrogen-bond donors (Lipinski definition) is 3. The van der Waals surface area contributed by atoms with E-state index in [2.05, 4.69) is 14.7 Å². The summed E-state index contributed by atoms with van der Waals surface area (Å²) in [6.45, 7) is 10.7. The Bertz CT molecular complexity index is 1100. The molecule has 2 saturated heterocycles. The van der Waals surface area contributed by atoms with Crippen molar-refractivity contribution in [1.82, 2.24) is 20.0 Å². The van der Waals surface area contributed by atoms with Crippen LogP contribution in [-0.4, -0.2) is 94.1 Å². The molecule has 0 aromatic heterocycles. The molecular weight excluding hydrogens is 511 g/mol. The van der Waals surface area contributed by atoms with Gasteiger partial charge < -0.3 is 24.5 Å². The molecule has 0 radical (unpaired) electrons. The number of amides is 3. The highest BCUT2D eigenvalue weighted by molar-refractivity contribution is 7.46. The summed E-state index contributed by atoms with van der Waals surface area (Å²) in [6, 6.07) is 4.61. The summed E-state index contributed by atoms with van der Waals surface area (Å²) in [6.07, 6.45) is 2.73. The molecule has 210 valence electrons. The topological polar surface area (TPSA) is 140 Å². The minimum atomic E-state index is -4.66. The van der Waals surface area contributed by atoms with Gasteiger partial charge in [0.25, 0.3) is 0 Å². The predicted octanol–water partition coefficient (Wildman–Crippen LogP) is 1.86. The molecule has 38 heavy (non-hydrogen) atoms. The Morgan fingerprint density at radius 1 is 1.08 bits per heavy atom. The predicted molar refractivity (Wildman–Crippen MR) is 143 cm³/mol. The first-order valence-electron chi connectivity index (χ1n) is 12.8. The Morgan fingerprint density at radius 2 is 1.68 bits per heavy atom. The third-order valence-electron chi connectivity index (χ3n) is 6.92. The summed E-state index contributed by atoms with van der Waals surface area (Å²) in [4.78, 5) is 63.5. The number of likely N-dealkylation sites (N-methyl/N-ethyl adjacent to an activating group) is 1. The van der Waals surface area contributed by atoms with Crippen LogP contribution in [0.1, 0.15) is 46.1 Å². The summed E-state index contributed by atoms with van der Waals surface area (Å²) < 4.78 is 15.6. The van der Waals surface area contributed by atoms with Crippen LogP contribution in [0, 0.1) is 5.41 Å². The molecule has 2 fully saturated rings. The first kappa shape index (κ1) is 29.8. The van der Waals surface area contributed by atoms with Crippen LogP contribution >= 0.6 is 7.82 Å². The molecule has 2 aliphatic rings. The zero-order valence-electron chi connectivity index (χ0n) is 22.7. The maximum atomic E-state index is 13.7. The summed E-state index contributed by atoms with van der Waals surface area (Å²) >= 11 is 0. The molecule has 0 aliphatic carbocycles. The number of likely N-dealkylation sites (tertiary alicyclic amines) is 1. The van der Waals surface area contributed by atoms with Crippen molar-refractivity contribution in [3.05, 3.63) is 35.9 Å². The molecule has 1 aromatic carbocycles. The lowest BCUT2D eigenvalue weighted by molar-refractivity contribution is -0.147. The molecular formula is C26H39N4O7P. The van der Waals surface area contributed by atoms with E-state index in [0.717, 1.165) is 19.5 Å². The van der Waals surface area contributed by atoms with E-state index in [1.807, 2.05) is 32.7 Å². The Morgan fingerprint density at radius 3 is 2.24 bits per heavy atom. The molecule has 2 heterocycles. The highest BCUT2D eigenvalue weighted by Crippen LogP contribution is 2.37. The molecule has 0 bridgehead atoms. The molecule has 3 rings (SSSR count). The van der Waals surface area contributed by atoms with Crippen LogP contribution in [0.4, 0.5) is 0 Å². The standard InChI is InChI=1S/C26H39N4O7P/c1-18(19-8-10-20(11-9-19)37-38(34,35)36)17-22(31)27-23(26(2,3)4)25(33)30-12-6-7-21(30)24(32)29-15-13-28(5)14-16-29/h8-11,17,21,23H,6-7,12-16H2,1-5H3,(H,27,31)(H2,34,35,36)/b18-17+/t21-,23+/m0/s1. The van der Waals surface area contributed by atoms with Gasteiger partial charge in [0.1, 0.15) is 17.8 Å². The number of nitrogens with one attached hydrogen (secondary N) is 1. The number of carbonyl (C=O) groups excluding carboxylic acids is 3. The number of rotatable bonds is 7. The van der Waals surface area contributed by atoms with Gasteiger partial charge in [-0.15, -0.1) is 0 Å². The average molecular weight is 551 g/mol. The fourth-order valence-corrected chi connectivity index (χ4v) is 5.12. The molecule has 0 unspecified atom stereocenters. The van der Waals surface area contributed by atoms with Crippen LogP contribution in [0.3, 0.4) is 0 Å². The quantitative estimate of drug-likeness (QED) is 0.345. The van der Waals surface area contributed by atoms with Gasteiger partial charge in [-0.3, -0.25) is 24.2 Å². The van der Waals surface area contributed by atoms with Crippen LogP contribution in [0.25, 0.3) is 5.57 Å². The SMILES string of the molecule is C/C(=C\C(=O)N[C@H](C(=O)N1CCC[C@H]1C(=O)N1CCN(C)CC1)C(C)(C)C)c1ccc(OP(=O)(O)O)cc1. The molecule has 0 saturated carbocycles. The molecule has 2 aliphatic heterocycles. The van der Waals surface area contributed by atoms with Crippen molar-refractivity contribution < 1.29 is 33.3 Å². The largest absolute Gasteiger partial charge is 0.524 e. The van der Waals surface area contributed by atoms with Crippen LogP contribution < -0.4 is 9.84 Å². The number of benzene rings is 1. The second kappa shape index (κ2) is 12.0. The number of hydrogen-bond acceptors (Lipinski definition) is 6. The van der Waals surface area contributed by atoms with Crippen molar-refractivity contribution in [2.75, 3.05) is 39.8 Å². The van der Waals surface area contributed by atoms with Gasteiger partial charge >= 0.3 is 7.82 Å². The van der Waals surface area contributed by atoms with Gasteiger partial charge in [0.2, 0.25) is 17.7 Å². The fraction of sp³-hybridized carbons (Fsp3) is 0.577. The van der Waals surface area contributed by atoms with Gasteiger partial charge in [-0.1, -0.05) is 32.9 Å². The fourth-order valence-electron chi connectivity index (χ4n) is 4.72. The first-order chi connectivity index (χ1) is 17.7. The molecule has 11 nitrogen and oxygen atoms in total. The lowest BCUT2D eigenvalue weighted by Gasteiger charge is -2.38. The minimum absolute atomic E-state index is 0.00372. The van der Waals surface area contributed by atoms with Crippen molar-refractivity contribution in [1.29, 1.82) is 0 Å². The average Bonchev–Trinajstić information content (AvgIpc) is 3.31. The first-order valence-corrected chi connectivity index (χ1v) is 14.3. The zero-order chi connectivity index (χ0) is 28.3. The van der Waals surface area contributed by atoms with E-state index in [9.17, 15) is 18.9 Å². The third kappa shape index (κ3) is 7.89. The molecule has 12 heteroatoms. The van der Waals surface area contributed by atoms with E-state index < -0.39 is 31.2 Å². The van der Waals surface area contributed by atoms with E-state index in [1.165, 1.54) is 18.2 Å². The number of nitrogens with zero attached hydrogens (tertiary/aromatic N) is 3. The lowest BCUT2D eigenvalue weighted by Crippen LogP contribution is -2.59. The van der Waals surface area contributed by atoms with Crippen molar-refractivity contribution >= 4 is 31.1 Å². The van der Waals surface area contributed by atoms with Gasteiger partial charge in [0, 0.05) is 38.8 Å². The summed E-state index contributed by atoms with van der Waals surface area (Å²) in [5, 5.41) is 2.86. The Hall–Kier alpha value is -2.72. The Balaban J connectivity index is 1.71. The summed E-state index contributed by atoms with van der Waals surface area (Å²) in [5.41, 5.74) is 0.642. The van der Waals surface area contributed by atoms with E-state index in [0.29, 0.717) is 37.2 Å². The van der Waals surface area contributed by atoms with Gasteiger partial charge in [-0.25, -0.2) is 4.57 Å². The minimum Gasteiger partial charge on any atom is -0.404 e. The lowest BCUT2D eigenvalue weighted by atomic mass is 9.85. The van der Waals surface area contributed by atoms with Crippen molar-refractivity contribution in [3.8, 4) is 5.75 Å². The van der Waals surface area contributed by atoms with Gasteiger partial charge in [-0.2, -0.15) is 0 Å². The number of phosphoric ester groups is 1. The van der Waals surface area contributed by atoms with Crippen molar-refractivity contribution in [2.24, 2.45) is 5.41 Å². The summed E-state index contributed by atoms with van der Waals surface area (Å²) in [7, 11) is -2.64. The van der Waals surface area contributed by atoms with Gasteiger partial charge in [0.15, 0.2) is 0 Å². The van der Waals surface area contributed by atoms with E-state index in [1.54, 1.807) is 24.0 Å². The number of phosphoric acid groups is 1. The molecule has 3 N–H and O–H groups in total. The van der Waals surface area contributed by atoms with Crippen LogP contribution in [0.2, 0.25) is 0 Å². The monoisotopic (exact) mass is 550 g/mol. The van der Waals surface area contributed by atoms with Crippen LogP contribution in [0.5, 0.6) is 5.75 Å². The van der Waals surface area contributed by atoms with Crippen molar-refractivity contribution in [2.45, 2.75) is 52.6 Å². The van der Waals surface area contributed by atoms with Gasteiger partial charge in [-0.05, 0) is 55.5 Å². The highest BCUT2D eigenvalue weighted by Gasteiger charge is 2.43. The maximum Gasteiger partial charge on any atom is 0.524 e. The van der Waals surface area contributed by atoms with Crippen molar-refractivity contribution in [3.63, 3.8) is 0 Å². The molecule has 0 spiro atoms. The van der Waals surface area contributed by atoms with Crippen LogP contribution in [0.15, 0.2) is 30.3 Å². The highest BCUT2D eigenvalue weighted by atomic mass is 31.2. The van der Waals surface area contributed by atoms with E-state index in [-0.39, 0.29) is 17.6 Å². The smallest absolute Gasteiger partial charge is 0.404 e. The normalized spacial score (nSPS) is 20.3. The zero-order valence-corrected chi connectivity index (χ0v) is 23.6. The second-order valence-electron chi connectivity index (χ2n) is 11.1.